The van der Waals surface area contributed by atoms with Crippen LogP contribution in [0, 0.1) is 0 Å². The van der Waals surface area contributed by atoms with Gasteiger partial charge in [0.05, 0.1) is 24.2 Å². The summed E-state index contributed by atoms with van der Waals surface area (Å²) in [6.45, 7) is 3.84. The normalized spacial score (nSPS) is 14.5. The Morgan fingerprint density at radius 1 is 1.06 bits per heavy atom. The minimum atomic E-state index is -0.462. The van der Waals surface area contributed by atoms with Gasteiger partial charge in [0.1, 0.15) is 5.52 Å². The molecule has 0 saturated carbocycles. The number of esters is 1. The van der Waals surface area contributed by atoms with Crippen LogP contribution in [0.4, 0.5) is 5.95 Å². The van der Waals surface area contributed by atoms with E-state index in [1.807, 2.05) is 35.3 Å². The molecule has 0 N–H and O–H groups in total. The standard InChI is InChI=1S/C23H24N8O2/c1-3-15-11-26-23(27-12-15)30-8-6-18(7-9-30)31-20-5-4-16(10-19(20)28-29-31)21-24-13-17(14-25-21)22(32)33-2/h4-5,10-14,18H,3,6-9H2,1-2H3. The highest BCUT2D eigenvalue weighted by Gasteiger charge is 2.24. The van der Waals surface area contributed by atoms with Crippen molar-refractivity contribution in [1.82, 2.24) is 34.9 Å². The van der Waals surface area contributed by atoms with Crippen LogP contribution in [-0.4, -0.2) is 61.1 Å². The van der Waals surface area contributed by atoms with Gasteiger partial charge in [-0.2, -0.15) is 0 Å². The molecule has 0 unspecified atom stereocenters. The van der Waals surface area contributed by atoms with Crippen LogP contribution in [0.3, 0.4) is 0 Å². The minimum Gasteiger partial charge on any atom is -0.465 e. The van der Waals surface area contributed by atoms with Crippen molar-refractivity contribution in [2.24, 2.45) is 0 Å². The first-order chi connectivity index (χ1) is 16.2. The van der Waals surface area contributed by atoms with Crippen LogP contribution in [0.2, 0.25) is 0 Å². The number of aryl methyl sites for hydroxylation is 1. The number of fused-ring (bicyclic) bond motifs is 1. The summed E-state index contributed by atoms with van der Waals surface area (Å²) >= 11 is 0. The Kier molecular flexibility index (Phi) is 5.64. The van der Waals surface area contributed by atoms with Gasteiger partial charge in [0.15, 0.2) is 5.82 Å². The second-order valence-electron chi connectivity index (χ2n) is 7.99. The van der Waals surface area contributed by atoms with Gasteiger partial charge in [-0.3, -0.25) is 0 Å². The van der Waals surface area contributed by atoms with Crippen molar-refractivity contribution < 1.29 is 9.53 Å². The Balaban J connectivity index is 1.30. The van der Waals surface area contributed by atoms with Crippen LogP contribution in [0.1, 0.15) is 41.7 Å². The Labute approximate surface area is 190 Å². The fourth-order valence-electron chi connectivity index (χ4n) is 4.06. The van der Waals surface area contributed by atoms with Crippen molar-refractivity contribution in [3.63, 3.8) is 0 Å². The van der Waals surface area contributed by atoms with Gasteiger partial charge in [-0.15, -0.1) is 5.10 Å². The Hall–Kier alpha value is -3.95. The predicted molar refractivity (Wildman–Crippen MR) is 122 cm³/mol. The van der Waals surface area contributed by atoms with Gasteiger partial charge < -0.3 is 9.64 Å². The molecule has 0 aliphatic carbocycles. The highest BCUT2D eigenvalue weighted by atomic mass is 16.5. The van der Waals surface area contributed by atoms with Gasteiger partial charge in [0, 0.05) is 43.4 Å². The molecule has 1 aliphatic rings. The molecule has 1 aromatic carbocycles. The minimum absolute atomic E-state index is 0.266. The van der Waals surface area contributed by atoms with E-state index in [0.29, 0.717) is 11.4 Å². The van der Waals surface area contributed by atoms with Gasteiger partial charge in [0.25, 0.3) is 0 Å². The number of anilines is 1. The van der Waals surface area contributed by atoms with Gasteiger partial charge >= 0.3 is 5.97 Å². The van der Waals surface area contributed by atoms with E-state index in [9.17, 15) is 4.79 Å². The van der Waals surface area contributed by atoms with E-state index in [4.69, 9.17) is 4.74 Å². The van der Waals surface area contributed by atoms with E-state index >= 15 is 0 Å². The SMILES string of the molecule is CCc1cnc(N2CCC(n3nnc4cc(-c5ncc(C(=O)OC)cn5)ccc43)CC2)nc1. The van der Waals surface area contributed by atoms with E-state index < -0.39 is 5.97 Å². The van der Waals surface area contributed by atoms with Crippen LogP contribution in [0.15, 0.2) is 43.0 Å². The van der Waals surface area contributed by atoms with Gasteiger partial charge in [-0.25, -0.2) is 29.4 Å². The van der Waals surface area contributed by atoms with Gasteiger partial charge in [-0.1, -0.05) is 12.1 Å². The average Bonchev–Trinajstić information content (AvgIpc) is 3.32. The number of piperidine rings is 1. The highest BCUT2D eigenvalue weighted by Crippen LogP contribution is 2.28. The molecule has 0 spiro atoms. The molecule has 1 saturated heterocycles. The molecule has 1 aliphatic heterocycles. The Morgan fingerprint density at radius 3 is 2.45 bits per heavy atom. The quantitative estimate of drug-likeness (QED) is 0.429. The summed E-state index contributed by atoms with van der Waals surface area (Å²) in [7, 11) is 1.33. The molecule has 3 aromatic heterocycles. The second-order valence-corrected chi connectivity index (χ2v) is 7.99. The lowest BCUT2D eigenvalue weighted by atomic mass is 10.0. The molecular formula is C23H24N8O2. The number of methoxy groups -OCH3 is 1. The molecule has 10 nitrogen and oxygen atoms in total. The monoisotopic (exact) mass is 444 g/mol. The van der Waals surface area contributed by atoms with E-state index in [0.717, 1.165) is 60.5 Å². The third-order valence-corrected chi connectivity index (χ3v) is 6.00. The number of nitrogens with zero attached hydrogens (tertiary/aromatic N) is 8. The molecular weight excluding hydrogens is 420 g/mol. The van der Waals surface area contributed by atoms with Gasteiger partial charge in [-0.05, 0) is 43.0 Å². The number of aromatic nitrogens is 7. The van der Waals surface area contributed by atoms with Crippen LogP contribution >= 0.6 is 0 Å². The van der Waals surface area contributed by atoms with Crippen molar-refractivity contribution in [3.05, 3.63) is 54.1 Å². The number of hydrogen-bond donors (Lipinski definition) is 0. The molecule has 0 bridgehead atoms. The van der Waals surface area contributed by atoms with Crippen LogP contribution in [0.5, 0.6) is 0 Å². The maximum absolute atomic E-state index is 11.6. The number of carbonyl (C=O) groups excluding carboxylic acids is 1. The second kappa shape index (κ2) is 8.89. The zero-order chi connectivity index (χ0) is 22.8. The van der Waals surface area contributed by atoms with Crippen molar-refractivity contribution in [3.8, 4) is 11.4 Å². The fraction of sp³-hybridized carbons (Fsp3) is 0.348. The molecule has 168 valence electrons. The molecule has 5 rings (SSSR count). The molecule has 0 radical (unpaired) electrons. The van der Waals surface area contributed by atoms with Gasteiger partial charge in [0.2, 0.25) is 5.95 Å². The number of carbonyl (C=O) groups is 1. The van der Waals surface area contributed by atoms with Crippen molar-refractivity contribution in [2.45, 2.75) is 32.2 Å². The smallest absolute Gasteiger partial charge is 0.341 e. The first kappa shape index (κ1) is 20.9. The zero-order valence-electron chi connectivity index (χ0n) is 18.5. The summed E-state index contributed by atoms with van der Waals surface area (Å²) in [4.78, 5) is 31.4. The number of ether oxygens (including phenoxy) is 1. The first-order valence-electron chi connectivity index (χ1n) is 11.0. The molecule has 4 heterocycles. The molecule has 10 heteroatoms. The van der Waals surface area contributed by atoms with E-state index in [1.165, 1.54) is 19.5 Å². The van der Waals surface area contributed by atoms with E-state index in [-0.39, 0.29) is 6.04 Å². The molecule has 33 heavy (non-hydrogen) atoms. The van der Waals surface area contributed by atoms with E-state index in [2.05, 4.69) is 42.1 Å². The number of benzene rings is 1. The lowest BCUT2D eigenvalue weighted by Gasteiger charge is -2.32. The largest absolute Gasteiger partial charge is 0.465 e. The number of hydrogen-bond acceptors (Lipinski definition) is 9. The topological polar surface area (TPSA) is 112 Å². The van der Waals surface area contributed by atoms with Crippen molar-refractivity contribution in [2.75, 3.05) is 25.1 Å². The summed E-state index contributed by atoms with van der Waals surface area (Å²) < 4.78 is 6.70. The van der Waals surface area contributed by atoms with Crippen molar-refractivity contribution in [1.29, 1.82) is 0 Å². The third-order valence-electron chi connectivity index (χ3n) is 6.00. The molecule has 4 aromatic rings. The summed E-state index contributed by atoms with van der Waals surface area (Å²) in [6, 6.07) is 6.14. The average molecular weight is 444 g/mol. The molecule has 0 atom stereocenters. The maximum Gasteiger partial charge on any atom is 0.341 e. The van der Waals surface area contributed by atoms with Crippen molar-refractivity contribution >= 4 is 23.0 Å². The Bertz CT molecular complexity index is 1260. The lowest BCUT2D eigenvalue weighted by Crippen LogP contribution is -2.36. The van der Waals surface area contributed by atoms with Crippen LogP contribution in [0.25, 0.3) is 22.4 Å². The maximum atomic E-state index is 11.6. The molecule has 1 fully saturated rings. The van der Waals surface area contributed by atoms with Crippen LogP contribution in [-0.2, 0) is 11.2 Å². The summed E-state index contributed by atoms with van der Waals surface area (Å²) in [5.74, 6) is 0.842. The predicted octanol–water partition coefficient (Wildman–Crippen LogP) is 2.87. The fourth-order valence-corrected chi connectivity index (χ4v) is 4.06. The number of rotatable bonds is 5. The lowest BCUT2D eigenvalue weighted by molar-refractivity contribution is 0.0600. The Morgan fingerprint density at radius 2 is 1.79 bits per heavy atom. The summed E-state index contributed by atoms with van der Waals surface area (Å²) in [5, 5.41) is 8.82. The van der Waals surface area contributed by atoms with Crippen LogP contribution < -0.4 is 4.90 Å². The highest BCUT2D eigenvalue weighted by molar-refractivity contribution is 5.88. The third kappa shape index (κ3) is 4.11. The van der Waals surface area contributed by atoms with E-state index in [1.54, 1.807) is 0 Å². The zero-order valence-corrected chi connectivity index (χ0v) is 18.5. The molecule has 0 amide bonds. The summed E-state index contributed by atoms with van der Waals surface area (Å²) in [5.41, 5.74) is 4.03. The first-order valence-corrected chi connectivity index (χ1v) is 11.0. The summed E-state index contributed by atoms with van der Waals surface area (Å²) in [6.07, 6.45) is 9.56.